The quantitative estimate of drug-likeness (QED) is 0.0917. The van der Waals surface area contributed by atoms with Crippen LogP contribution in [0.3, 0.4) is 0 Å². The van der Waals surface area contributed by atoms with E-state index in [-0.39, 0.29) is 22.6 Å². The zero-order valence-corrected chi connectivity index (χ0v) is 36.1. The lowest BCUT2D eigenvalue weighted by Gasteiger charge is -2.44. The first-order chi connectivity index (χ1) is 24.5. The molecule has 0 saturated carbocycles. The molecule has 0 radical (unpaired) electrons. The Balaban J connectivity index is 0.000000828. The van der Waals surface area contributed by atoms with Crippen molar-refractivity contribution >= 4 is 53.1 Å². The summed E-state index contributed by atoms with van der Waals surface area (Å²) in [6, 6.07) is 14.9. The Kier molecular flexibility index (Phi) is 24.0. The predicted molar refractivity (Wildman–Crippen MR) is 228 cm³/mol. The van der Waals surface area contributed by atoms with E-state index in [0.717, 1.165) is 34.8 Å². The first-order valence-corrected chi connectivity index (χ1v) is 20.2. The molecule has 1 fully saturated rings. The van der Waals surface area contributed by atoms with Crippen LogP contribution in [-0.2, 0) is 10.5 Å². The summed E-state index contributed by atoms with van der Waals surface area (Å²) in [6.07, 6.45) is 5.75. The van der Waals surface area contributed by atoms with Gasteiger partial charge in [0.15, 0.2) is 11.5 Å². The van der Waals surface area contributed by atoms with Gasteiger partial charge in [-0.05, 0) is 102 Å². The van der Waals surface area contributed by atoms with Crippen molar-refractivity contribution in [1.29, 1.82) is 0 Å². The maximum absolute atomic E-state index is 13.2. The van der Waals surface area contributed by atoms with Gasteiger partial charge in [0.2, 0.25) is 0 Å². The van der Waals surface area contributed by atoms with Gasteiger partial charge in [0.05, 0.1) is 11.5 Å². The standard InChI is InChI=1S/C19H22ClFO2S.C15H25N3S.C5H10.C2H6.CH2O/c1-5-10-23-16-15(20)17(12-6-8-13(21)9-7-12)24-18(16)14(22)11-19(2,3)4;1-15(2)10-14(17-3)7-8-18(15)19-11-12-5-4-6-13(16)9-12;1-4-5(2)3;2*1-2/h6-9H,5,10-11H2,1-4H3;4-6,9,14,17H,7-8,10-11,16H2,1-3H3;4H,1-3H3;1-2H3;1H2. The fourth-order valence-electron chi connectivity index (χ4n) is 4.97. The molecule has 0 amide bonds. The second-order valence-electron chi connectivity index (χ2n) is 14.2. The minimum absolute atomic E-state index is 0.0221. The summed E-state index contributed by atoms with van der Waals surface area (Å²) in [5, 5.41) is 3.84. The van der Waals surface area contributed by atoms with E-state index in [1.807, 2.05) is 79.3 Å². The third-order valence-corrected chi connectivity index (χ3v) is 10.9. The number of hydrogen-bond acceptors (Lipinski definition) is 8. The Labute approximate surface area is 328 Å². The van der Waals surface area contributed by atoms with E-state index in [1.54, 1.807) is 12.1 Å². The van der Waals surface area contributed by atoms with E-state index in [9.17, 15) is 9.18 Å². The van der Waals surface area contributed by atoms with Crippen molar-refractivity contribution in [3.8, 4) is 16.2 Å². The highest BCUT2D eigenvalue weighted by Gasteiger charge is 2.34. The zero-order chi connectivity index (χ0) is 40.1. The number of carbonyl (C=O) groups excluding carboxylic acids is 2. The fourth-order valence-corrected chi connectivity index (χ4v) is 7.62. The van der Waals surface area contributed by atoms with Gasteiger partial charge in [0.25, 0.3) is 0 Å². The summed E-state index contributed by atoms with van der Waals surface area (Å²) in [7, 11) is 2.07. The highest BCUT2D eigenvalue weighted by atomic mass is 35.5. The van der Waals surface area contributed by atoms with Crippen molar-refractivity contribution in [3.05, 3.63) is 81.5 Å². The molecule has 6 nitrogen and oxygen atoms in total. The minimum atomic E-state index is -0.307. The van der Waals surface area contributed by atoms with E-state index >= 15 is 0 Å². The Morgan fingerprint density at radius 2 is 1.77 bits per heavy atom. The molecule has 1 unspecified atom stereocenters. The van der Waals surface area contributed by atoms with Crippen molar-refractivity contribution in [2.45, 2.75) is 119 Å². The molecule has 1 aliphatic rings. The maximum Gasteiger partial charge on any atom is 0.177 e. The summed E-state index contributed by atoms with van der Waals surface area (Å²) in [5.74, 6) is 1.17. The van der Waals surface area contributed by atoms with E-state index in [2.05, 4.69) is 62.6 Å². The third-order valence-electron chi connectivity index (χ3n) is 7.74. The molecule has 2 aromatic carbocycles. The number of nitrogens with two attached hydrogens (primary N) is 1. The number of Topliss-reactive ketones (excluding diaryl/α,β-unsaturated/α-hetero) is 1. The number of nitrogens with zero attached hydrogens (tertiary/aromatic N) is 1. The van der Waals surface area contributed by atoms with Crippen LogP contribution in [-0.4, -0.2) is 48.7 Å². The lowest BCUT2D eigenvalue weighted by molar-refractivity contribution is -0.0980. The summed E-state index contributed by atoms with van der Waals surface area (Å²) in [6.45, 7) is 26.6. The summed E-state index contributed by atoms with van der Waals surface area (Å²) < 4.78 is 21.5. The fraction of sp³-hybridized carbons (Fsp3) is 0.524. The molecular formula is C42H65ClFN3O3S2. The number of nitrogen functional groups attached to an aromatic ring is 1. The topological polar surface area (TPSA) is 84.7 Å². The number of benzene rings is 2. The second kappa shape index (κ2) is 25.4. The monoisotopic (exact) mass is 777 g/mol. The Hall–Kier alpha value is -2.69. The average Bonchev–Trinajstić information content (AvgIpc) is 3.44. The number of halogens is 2. The second-order valence-corrected chi connectivity index (χ2v) is 16.6. The van der Waals surface area contributed by atoms with Gasteiger partial charge in [-0.15, -0.1) is 11.3 Å². The molecular weight excluding hydrogens is 713 g/mol. The van der Waals surface area contributed by atoms with E-state index in [4.69, 9.17) is 26.9 Å². The smallest absolute Gasteiger partial charge is 0.177 e. The van der Waals surface area contributed by atoms with Crippen LogP contribution in [0.4, 0.5) is 10.1 Å². The van der Waals surface area contributed by atoms with E-state index < -0.39 is 0 Å². The summed E-state index contributed by atoms with van der Waals surface area (Å²) in [4.78, 5) is 22.0. The summed E-state index contributed by atoms with van der Waals surface area (Å²) >= 11 is 9.74. The normalized spacial score (nSPS) is 14.8. The number of hydrogen-bond donors (Lipinski definition) is 2. The van der Waals surface area contributed by atoms with Crippen molar-refractivity contribution < 1.29 is 18.7 Å². The molecule has 1 atom stereocenters. The maximum atomic E-state index is 13.2. The van der Waals surface area contributed by atoms with Gasteiger partial charge in [-0.2, -0.15) is 0 Å². The van der Waals surface area contributed by atoms with Crippen LogP contribution in [0, 0.1) is 11.2 Å². The van der Waals surface area contributed by atoms with Crippen LogP contribution in [0.2, 0.25) is 5.02 Å². The molecule has 52 heavy (non-hydrogen) atoms. The predicted octanol–water partition coefficient (Wildman–Crippen LogP) is 12.3. The molecule has 0 aliphatic carbocycles. The number of thiophene rings is 1. The molecule has 1 saturated heterocycles. The number of allylic oxidation sites excluding steroid dienone is 2. The van der Waals surface area contributed by atoms with Crippen LogP contribution in [0.25, 0.3) is 10.4 Å². The number of ketones is 1. The molecule has 10 heteroatoms. The number of rotatable bonds is 10. The number of nitrogens with one attached hydrogen (secondary N) is 1. The molecule has 0 bridgehead atoms. The van der Waals surface area contributed by atoms with Crippen LogP contribution < -0.4 is 15.8 Å². The van der Waals surface area contributed by atoms with Crippen LogP contribution in [0.1, 0.15) is 117 Å². The molecule has 0 spiro atoms. The molecule has 4 rings (SSSR count). The first-order valence-electron chi connectivity index (χ1n) is 18.1. The first kappa shape index (κ1) is 49.3. The van der Waals surface area contributed by atoms with Crippen LogP contribution >= 0.6 is 34.9 Å². The molecule has 1 aromatic heterocycles. The van der Waals surface area contributed by atoms with Gasteiger partial charge < -0.3 is 20.6 Å². The van der Waals surface area contributed by atoms with Crippen LogP contribution in [0.5, 0.6) is 5.75 Å². The van der Waals surface area contributed by atoms with Crippen molar-refractivity contribution in [2.24, 2.45) is 5.41 Å². The summed E-state index contributed by atoms with van der Waals surface area (Å²) in [5.41, 5.74) is 10.3. The van der Waals surface area contributed by atoms with Crippen LogP contribution in [0.15, 0.2) is 60.2 Å². The lowest BCUT2D eigenvalue weighted by Crippen LogP contribution is -2.51. The van der Waals surface area contributed by atoms with Gasteiger partial charge in [-0.3, -0.25) is 4.79 Å². The van der Waals surface area contributed by atoms with Gasteiger partial charge in [0, 0.05) is 36.0 Å². The largest absolute Gasteiger partial charge is 0.490 e. The van der Waals surface area contributed by atoms with Gasteiger partial charge in [-0.1, -0.05) is 101 Å². The van der Waals surface area contributed by atoms with Crippen molar-refractivity contribution in [2.75, 3.05) is 25.9 Å². The average molecular weight is 779 g/mol. The number of ether oxygens (including phenoxy) is 1. The Morgan fingerprint density at radius 3 is 2.25 bits per heavy atom. The zero-order valence-electron chi connectivity index (χ0n) is 33.8. The van der Waals surface area contributed by atoms with Gasteiger partial charge in [0.1, 0.15) is 22.5 Å². The molecule has 3 N–H and O–H groups in total. The third kappa shape index (κ3) is 17.9. The van der Waals surface area contributed by atoms with Crippen molar-refractivity contribution in [3.63, 3.8) is 0 Å². The number of carbonyl (C=O) groups is 2. The van der Waals surface area contributed by atoms with Gasteiger partial charge >= 0.3 is 0 Å². The lowest BCUT2D eigenvalue weighted by atomic mass is 9.89. The highest BCUT2D eigenvalue weighted by molar-refractivity contribution is 7.96. The Bertz CT molecular complexity index is 1480. The van der Waals surface area contributed by atoms with Gasteiger partial charge in [-0.25, -0.2) is 8.70 Å². The van der Waals surface area contributed by atoms with Crippen molar-refractivity contribution in [1.82, 2.24) is 9.62 Å². The highest BCUT2D eigenvalue weighted by Crippen LogP contribution is 2.46. The number of anilines is 1. The number of piperidine rings is 1. The molecule has 3 aromatic rings. The molecule has 2 heterocycles. The molecule has 292 valence electrons. The molecule has 1 aliphatic heterocycles. The van der Waals surface area contributed by atoms with E-state index in [0.29, 0.717) is 34.7 Å². The Morgan fingerprint density at radius 1 is 1.17 bits per heavy atom. The minimum Gasteiger partial charge on any atom is -0.490 e. The SMILES string of the molecule is C=O.CC.CC=C(C)C.CCCOc1c(C(=O)CC(C)(C)C)sc(-c2ccc(F)cc2)c1Cl.CNC1CCN(SCc2cccc(N)c2)C(C)(C)C1. The van der Waals surface area contributed by atoms with E-state index in [1.165, 1.54) is 47.4 Å².